The van der Waals surface area contributed by atoms with Crippen molar-refractivity contribution >= 4 is 27.5 Å². The first kappa shape index (κ1) is 18.1. The number of sulfonamides is 1. The van der Waals surface area contributed by atoms with E-state index in [1.807, 2.05) is 31.1 Å². The number of carbonyl (C=O) groups excluding carboxylic acids is 1. The van der Waals surface area contributed by atoms with E-state index in [4.69, 9.17) is 4.74 Å². The van der Waals surface area contributed by atoms with Crippen LogP contribution >= 0.6 is 0 Å². The summed E-state index contributed by atoms with van der Waals surface area (Å²) in [5, 5.41) is 2.51. The molecule has 0 aromatic heterocycles. The predicted octanol–water partition coefficient (Wildman–Crippen LogP) is 1.26. The van der Waals surface area contributed by atoms with Gasteiger partial charge in [-0.05, 0) is 31.2 Å². The van der Waals surface area contributed by atoms with Crippen LogP contribution in [-0.4, -0.2) is 54.6 Å². The zero-order valence-electron chi connectivity index (χ0n) is 13.4. The number of benzene rings is 1. The summed E-state index contributed by atoms with van der Waals surface area (Å²) < 4.78 is 29.8. The standard InChI is InChI=1S/C14H23N3O4S/c1-5-21-14(18)15-10-11-17(22(4,19)20)13-8-6-12(7-9-13)16(2)3/h6-9H,5,10-11H2,1-4H3,(H,15,18). The van der Waals surface area contributed by atoms with Crippen LogP contribution < -0.4 is 14.5 Å². The molecular formula is C14H23N3O4S. The minimum atomic E-state index is -3.43. The van der Waals surface area contributed by atoms with Crippen LogP contribution in [0.5, 0.6) is 0 Å². The molecular weight excluding hydrogens is 306 g/mol. The maximum absolute atomic E-state index is 11.9. The molecule has 0 atom stereocenters. The lowest BCUT2D eigenvalue weighted by atomic mass is 10.2. The van der Waals surface area contributed by atoms with E-state index >= 15 is 0 Å². The Labute approximate surface area is 131 Å². The number of ether oxygens (including phenoxy) is 1. The number of hydrogen-bond donors (Lipinski definition) is 1. The Hall–Kier alpha value is -1.96. The molecule has 1 N–H and O–H groups in total. The Morgan fingerprint density at radius 1 is 1.18 bits per heavy atom. The first-order chi connectivity index (χ1) is 10.3. The molecule has 0 radical (unpaired) electrons. The summed E-state index contributed by atoms with van der Waals surface area (Å²) in [5.41, 5.74) is 1.53. The first-order valence-corrected chi connectivity index (χ1v) is 8.76. The van der Waals surface area contributed by atoms with Crippen molar-refractivity contribution in [3.05, 3.63) is 24.3 Å². The van der Waals surface area contributed by atoms with Gasteiger partial charge in [0.2, 0.25) is 10.0 Å². The van der Waals surface area contributed by atoms with Crippen molar-refractivity contribution in [1.29, 1.82) is 0 Å². The molecule has 1 aromatic rings. The average molecular weight is 329 g/mol. The van der Waals surface area contributed by atoms with Crippen LogP contribution in [0.2, 0.25) is 0 Å². The maximum Gasteiger partial charge on any atom is 0.407 e. The Morgan fingerprint density at radius 3 is 2.18 bits per heavy atom. The smallest absolute Gasteiger partial charge is 0.407 e. The third-order valence-corrected chi connectivity index (χ3v) is 4.11. The van der Waals surface area contributed by atoms with Crippen molar-refractivity contribution in [3.8, 4) is 0 Å². The maximum atomic E-state index is 11.9. The second-order valence-corrected chi connectivity index (χ2v) is 6.80. The molecule has 0 heterocycles. The Balaban J connectivity index is 2.79. The third kappa shape index (κ3) is 5.44. The number of anilines is 2. The van der Waals surface area contributed by atoms with Crippen LogP contribution in [0.15, 0.2) is 24.3 Å². The van der Waals surface area contributed by atoms with Crippen molar-refractivity contribution < 1.29 is 17.9 Å². The average Bonchev–Trinajstić information content (AvgIpc) is 2.42. The van der Waals surface area contributed by atoms with Crippen LogP contribution in [0.3, 0.4) is 0 Å². The van der Waals surface area contributed by atoms with Gasteiger partial charge in [0.05, 0.1) is 25.1 Å². The molecule has 0 aliphatic rings. The lowest BCUT2D eigenvalue weighted by molar-refractivity contribution is 0.152. The van der Waals surface area contributed by atoms with Crippen molar-refractivity contribution in [3.63, 3.8) is 0 Å². The molecule has 0 bridgehead atoms. The van der Waals surface area contributed by atoms with E-state index in [9.17, 15) is 13.2 Å². The highest BCUT2D eigenvalue weighted by atomic mass is 32.2. The van der Waals surface area contributed by atoms with E-state index < -0.39 is 16.1 Å². The fourth-order valence-corrected chi connectivity index (χ4v) is 2.77. The number of nitrogens with one attached hydrogen (secondary N) is 1. The minimum Gasteiger partial charge on any atom is -0.450 e. The molecule has 0 unspecified atom stereocenters. The van der Waals surface area contributed by atoms with Gasteiger partial charge >= 0.3 is 6.09 Å². The lowest BCUT2D eigenvalue weighted by Gasteiger charge is -2.23. The normalized spacial score (nSPS) is 10.9. The van der Waals surface area contributed by atoms with Gasteiger partial charge in [0.15, 0.2) is 0 Å². The highest BCUT2D eigenvalue weighted by Gasteiger charge is 2.17. The van der Waals surface area contributed by atoms with Crippen LogP contribution in [-0.2, 0) is 14.8 Å². The Morgan fingerprint density at radius 2 is 1.73 bits per heavy atom. The molecule has 0 spiro atoms. The number of nitrogens with zero attached hydrogens (tertiary/aromatic N) is 2. The summed E-state index contributed by atoms with van der Waals surface area (Å²) >= 11 is 0. The Bertz CT molecular complexity index is 585. The number of carbonyl (C=O) groups is 1. The van der Waals surface area contributed by atoms with Gasteiger partial charge in [-0.2, -0.15) is 0 Å². The number of amides is 1. The second-order valence-electron chi connectivity index (χ2n) is 4.89. The summed E-state index contributed by atoms with van der Waals surface area (Å²) in [7, 11) is 0.385. The van der Waals surface area contributed by atoms with Crippen molar-refractivity contribution in [1.82, 2.24) is 5.32 Å². The quantitative estimate of drug-likeness (QED) is 0.815. The van der Waals surface area contributed by atoms with Gasteiger partial charge in [-0.15, -0.1) is 0 Å². The van der Waals surface area contributed by atoms with Crippen LogP contribution in [0, 0.1) is 0 Å². The number of rotatable bonds is 7. The zero-order valence-corrected chi connectivity index (χ0v) is 14.2. The van der Waals surface area contributed by atoms with E-state index in [0.717, 1.165) is 11.9 Å². The number of hydrogen-bond acceptors (Lipinski definition) is 5. The summed E-state index contributed by atoms with van der Waals surface area (Å²) in [6.07, 6.45) is 0.580. The molecule has 124 valence electrons. The monoisotopic (exact) mass is 329 g/mol. The van der Waals surface area contributed by atoms with E-state index in [0.29, 0.717) is 5.69 Å². The topological polar surface area (TPSA) is 79.0 Å². The van der Waals surface area contributed by atoms with Crippen molar-refractivity contribution in [2.24, 2.45) is 0 Å². The summed E-state index contributed by atoms with van der Waals surface area (Å²) in [4.78, 5) is 13.2. The van der Waals surface area contributed by atoms with E-state index in [1.165, 1.54) is 4.31 Å². The van der Waals surface area contributed by atoms with Gasteiger partial charge in [-0.25, -0.2) is 13.2 Å². The molecule has 7 nitrogen and oxygen atoms in total. The predicted molar refractivity (Wildman–Crippen MR) is 88.0 cm³/mol. The molecule has 0 saturated heterocycles. The van der Waals surface area contributed by atoms with Gasteiger partial charge in [-0.3, -0.25) is 4.31 Å². The van der Waals surface area contributed by atoms with Crippen molar-refractivity contribution in [2.75, 3.05) is 49.3 Å². The largest absolute Gasteiger partial charge is 0.450 e. The SMILES string of the molecule is CCOC(=O)NCCN(c1ccc(N(C)C)cc1)S(C)(=O)=O. The molecule has 22 heavy (non-hydrogen) atoms. The molecule has 1 rings (SSSR count). The van der Waals surface area contributed by atoms with E-state index in [1.54, 1.807) is 19.1 Å². The second kappa shape index (κ2) is 7.88. The molecule has 0 fully saturated rings. The van der Waals surface area contributed by atoms with E-state index in [-0.39, 0.29) is 19.7 Å². The minimum absolute atomic E-state index is 0.138. The van der Waals surface area contributed by atoms with Gasteiger partial charge < -0.3 is 15.0 Å². The van der Waals surface area contributed by atoms with Crippen molar-refractivity contribution in [2.45, 2.75) is 6.92 Å². The number of alkyl carbamates (subject to hydrolysis) is 1. The third-order valence-electron chi connectivity index (χ3n) is 2.91. The van der Waals surface area contributed by atoms with E-state index in [2.05, 4.69) is 5.32 Å². The van der Waals surface area contributed by atoms with Gasteiger partial charge in [0, 0.05) is 26.3 Å². The molecule has 0 aliphatic carbocycles. The lowest BCUT2D eigenvalue weighted by Crippen LogP contribution is -2.38. The van der Waals surface area contributed by atoms with Gasteiger partial charge in [-0.1, -0.05) is 0 Å². The van der Waals surface area contributed by atoms with Crippen LogP contribution in [0.4, 0.5) is 16.2 Å². The van der Waals surface area contributed by atoms with Crippen LogP contribution in [0.25, 0.3) is 0 Å². The summed E-state index contributed by atoms with van der Waals surface area (Å²) in [6, 6.07) is 7.15. The fraction of sp³-hybridized carbons (Fsp3) is 0.500. The first-order valence-electron chi connectivity index (χ1n) is 6.91. The molecule has 0 saturated carbocycles. The van der Waals surface area contributed by atoms with Gasteiger partial charge in [0.1, 0.15) is 0 Å². The Kier molecular flexibility index (Phi) is 6.48. The van der Waals surface area contributed by atoms with Crippen LogP contribution in [0.1, 0.15) is 6.92 Å². The molecule has 1 aromatic carbocycles. The zero-order chi connectivity index (χ0) is 16.8. The fourth-order valence-electron chi connectivity index (χ4n) is 1.85. The summed E-state index contributed by atoms with van der Waals surface area (Å²) in [6.45, 7) is 2.28. The van der Waals surface area contributed by atoms with Gasteiger partial charge in [0.25, 0.3) is 0 Å². The molecule has 1 amide bonds. The highest BCUT2D eigenvalue weighted by Crippen LogP contribution is 2.21. The molecule has 0 aliphatic heterocycles. The summed E-state index contributed by atoms with van der Waals surface area (Å²) in [5.74, 6) is 0. The molecule has 8 heteroatoms. The highest BCUT2D eigenvalue weighted by molar-refractivity contribution is 7.92.